The van der Waals surface area contributed by atoms with Crippen LogP contribution in [0, 0.1) is 0 Å². The number of nitrogens with zero attached hydrogens (tertiary/aromatic N) is 2. The molecule has 1 aliphatic rings. The summed E-state index contributed by atoms with van der Waals surface area (Å²) in [5.41, 5.74) is 1.17. The third kappa shape index (κ3) is 4.37. The summed E-state index contributed by atoms with van der Waals surface area (Å²) in [6.07, 6.45) is 0.687. The number of urea groups is 1. The predicted octanol–water partition coefficient (Wildman–Crippen LogP) is 5.53. The molecular formula is C23H21Cl2N3O2. The zero-order valence-electron chi connectivity index (χ0n) is 16.3. The van der Waals surface area contributed by atoms with Crippen LogP contribution in [0.3, 0.4) is 0 Å². The van der Waals surface area contributed by atoms with Crippen molar-refractivity contribution in [3.63, 3.8) is 0 Å². The fourth-order valence-electron chi connectivity index (χ4n) is 3.68. The first-order valence-corrected chi connectivity index (χ1v) is 10.6. The van der Waals surface area contributed by atoms with Crippen molar-refractivity contribution in [3.05, 3.63) is 76.3 Å². The van der Waals surface area contributed by atoms with Crippen molar-refractivity contribution in [2.75, 3.05) is 31.5 Å². The molecule has 154 valence electrons. The minimum Gasteiger partial charge on any atom is -0.337 e. The van der Waals surface area contributed by atoms with Gasteiger partial charge in [-0.25, -0.2) is 4.79 Å². The topological polar surface area (TPSA) is 52.7 Å². The van der Waals surface area contributed by atoms with Gasteiger partial charge in [0, 0.05) is 36.6 Å². The van der Waals surface area contributed by atoms with Crippen molar-refractivity contribution in [1.29, 1.82) is 0 Å². The average Bonchev–Trinajstić information content (AvgIpc) is 3.02. The van der Waals surface area contributed by atoms with Crippen molar-refractivity contribution < 1.29 is 9.59 Å². The van der Waals surface area contributed by atoms with Crippen LogP contribution in [0.25, 0.3) is 10.8 Å². The molecular weight excluding hydrogens is 421 g/mol. The van der Waals surface area contributed by atoms with Crippen LogP contribution in [0.15, 0.2) is 60.7 Å². The molecule has 0 unspecified atom stereocenters. The number of rotatable bonds is 2. The summed E-state index contributed by atoms with van der Waals surface area (Å²) < 4.78 is 0. The van der Waals surface area contributed by atoms with Crippen molar-refractivity contribution in [3.8, 4) is 0 Å². The first kappa shape index (κ1) is 20.5. The fourth-order valence-corrected chi connectivity index (χ4v) is 4.05. The van der Waals surface area contributed by atoms with Gasteiger partial charge in [0.05, 0.1) is 16.3 Å². The number of hydrogen-bond donors (Lipinski definition) is 1. The van der Waals surface area contributed by atoms with Gasteiger partial charge < -0.3 is 15.1 Å². The van der Waals surface area contributed by atoms with Gasteiger partial charge >= 0.3 is 6.03 Å². The Balaban J connectivity index is 1.44. The molecule has 3 amide bonds. The quantitative estimate of drug-likeness (QED) is 0.568. The lowest BCUT2D eigenvalue weighted by molar-refractivity contribution is 0.0763. The first-order chi connectivity index (χ1) is 14.5. The number of carbonyl (C=O) groups excluding carboxylic acids is 2. The van der Waals surface area contributed by atoms with Gasteiger partial charge in [-0.2, -0.15) is 0 Å². The van der Waals surface area contributed by atoms with Gasteiger partial charge in [-0.3, -0.25) is 4.79 Å². The Morgan fingerprint density at radius 2 is 1.57 bits per heavy atom. The van der Waals surface area contributed by atoms with E-state index < -0.39 is 0 Å². The Morgan fingerprint density at radius 3 is 2.43 bits per heavy atom. The van der Waals surface area contributed by atoms with Crippen LogP contribution in [0.2, 0.25) is 10.0 Å². The number of carbonyl (C=O) groups is 2. The molecule has 1 fully saturated rings. The summed E-state index contributed by atoms with van der Waals surface area (Å²) >= 11 is 12.2. The van der Waals surface area contributed by atoms with Crippen molar-refractivity contribution in [2.45, 2.75) is 6.42 Å². The Morgan fingerprint density at radius 1 is 0.833 bits per heavy atom. The van der Waals surface area contributed by atoms with Gasteiger partial charge in [0.25, 0.3) is 5.91 Å². The van der Waals surface area contributed by atoms with Gasteiger partial charge in [0.1, 0.15) is 0 Å². The standard InChI is InChI=1S/C23H21Cl2N3O2/c24-17-9-10-20(25)19(15-17)22(29)27-11-4-12-28(14-13-27)23(30)26-21-8-3-6-16-5-1-2-7-18(16)21/h1-3,5-10,15H,4,11-14H2,(H,26,30). The van der Waals surface area contributed by atoms with E-state index in [1.165, 1.54) is 0 Å². The second-order valence-corrected chi connectivity index (χ2v) is 8.06. The van der Waals surface area contributed by atoms with E-state index in [1.807, 2.05) is 42.5 Å². The van der Waals surface area contributed by atoms with Crippen LogP contribution in [-0.4, -0.2) is 47.9 Å². The lowest BCUT2D eigenvalue weighted by Crippen LogP contribution is -2.39. The van der Waals surface area contributed by atoms with E-state index in [2.05, 4.69) is 5.32 Å². The normalized spacial score (nSPS) is 14.5. The summed E-state index contributed by atoms with van der Waals surface area (Å²) in [7, 11) is 0. The fraction of sp³-hybridized carbons (Fsp3) is 0.217. The lowest BCUT2D eigenvalue weighted by Gasteiger charge is -2.23. The van der Waals surface area contributed by atoms with Crippen molar-refractivity contribution in [2.24, 2.45) is 0 Å². The summed E-state index contributed by atoms with van der Waals surface area (Å²) in [6, 6.07) is 18.5. The van der Waals surface area contributed by atoms with E-state index in [4.69, 9.17) is 23.2 Å². The molecule has 1 saturated heterocycles. The third-order valence-corrected chi connectivity index (χ3v) is 5.83. The largest absolute Gasteiger partial charge is 0.337 e. The number of benzene rings is 3. The van der Waals surface area contributed by atoms with Gasteiger partial charge in [-0.15, -0.1) is 0 Å². The molecule has 1 heterocycles. The summed E-state index contributed by atoms with van der Waals surface area (Å²) in [4.78, 5) is 29.3. The number of anilines is 1. The average molecular weight is 442 g/mol. The van der Waals surface area contributed by atoms with Crippen LogP contribution >= 0.6 is 23.2 Å². The van der Waals surface area contributed by atoms with Gasteiger partial charge in [0.15, 0.2) is 0 Å². The van der Waals surface area contributed by atoms with Crippen LogP contribution in [-0.2, 0) is 0 Å². The Labute approximate surface area is 185 Å². The zero-order chi connectivity index (χ0) is 21.1. The maximum Gasteiger partial charge on any atom is 0.321 e. The lowest BCUT2D eigenvalue weighted by atomic mass is 10.1. The summed E-state index contributed by atoms with van der Waals surface area (Å²) in [5.74, 6) is -0.168. The van der Waals surface area contributed by atoms with Crippen molar-refractivity contribution in [1.82, 2.24) is 9.80 Å². The molecule has 3 aromatic carbocycles. The van der Waals surface area contributed by atoms with Crippen LogP contribution in [0.5, 0.6) is 0 Å². The number of fused-ring (bicyclic) bond motifs is 1. The molecule has 0 aliphatic carbocycles. The van der Waals surface area contributed by atoms with Gasteiger partial charge in [-0.05, 0) is 36.1 Å². The summed E-state index contributed by atoms with van der Waals surface area (Å²) in [5, 5.41) is 5.93. The Hall–Kier alpha value is -2.76. The summed E-state index contributed by atoms with van der Waals surface area (Å²) in [6.45, 7) is 2.01. The molecule has 4 rings (SSSR count). The molecule has 0 bridgehead atoms. The first-order valence-electron chi connectivity index (χ1n) is 9.81. The molecule has 0 radical (unpaired) electrons. The molecule has 0 aromatic heterocycles. The van der Waals surface area contributed by atoms with E-state index in [1.54, 1.807) is 28.0 Å². The van der Waals surface area contributed by atoms with Crippen LogP contribution in [0.1, 0.15) is 16.8 Å². The SMILES string of the molecule is O=C(Nc1cccc2ccccc12)N1CCCN(C(=O)c2cc(Cl)ccc2Cl)CC1. The second-order valence-electron chi connectivity index (χ2n) is 7.21. The highest BCUT2D eigenvalue weighted by Gasteiger charge is 2.24. The zero-order valence-corrected chi connectivity index (χ0v) is 17.8. The molecule has 0 spiro atoms. The monoisotopic (exact) mass is 441 g/mol. The predicted molar refractivity (Wildman–Crippen MR) is 122 cm³/mol. The number of amides is 3. The minimum atomic E-state index is -0.168. The molecule has 0 saturated carbocycles. The smallest absolute Gasteiger partial charge is 0.321 e. The number of halogens is 2. The number of nitrogens with one attached hydrogen (secondary N) is 1. The van der Waals surface area contributed by atoms with Crippen LogP contribution in [0.4, 0.5) is 10.5 Å². The Bertz CT molecular complexity index is 1100. The highest BCUT2D eigenvalue weighted by molar-refractivity contribution is 6.35. The van der Waals surface area contributed by atoms with Crippen LogP contribution < -0.4 is 5.32 Å². The van der Waals surface area contributed by atoms with Crippen molar-refractivity contribution >= 4 is 51.6 Å². The molecule has 7 heteroatoms. The molecule has 1 aliphatic heterocycles. The van der Waals surface area contributed by atoms with Gasteiger partial charge in [-0.1, -0.05) is 59.6 Å². The highest BCUT2D eigenvalue weighted by Crippen LogP contribution is 2.24. The molecule has 1 N–H and O–H groups in total. The molecule has 3 aromatic rings. The maximum atomic E-state index is 12.9. The van der Waals surface area contributed by atoms with E-state index >= 15 is 0 Å². The van der Waals surface area contributed by atoms with E-state index in [-0.39, 0.29) is 11.9 Å². The highest BCUT2D eigenvalue weighted by atomic mass is 35.5. The maximum absolute atomic E-state index is 12.9. The van der Waals surface area contributed by atoms with Gasteiger partial charge in [0.2, 0.25) is 0 Å². The van der Waals surface area contributed by atoms with E-state index in [0.29, 0.717) is 48.2 Å². The minimum absolute atomic E-state index is 0.165. The van der Waals surface area contributed by atoms with E-state index in [0.717, 1.165) is 16.5 Å². The Kier molecular flexibility index (Phi) is 6.11. The molecule has 5 nitrogen and oxygen atoms in total. The molecule has 30 heavy (non-hydrogen) atoms. The number of hydrogen-bond acceptors (Lipinski definition) is 2. The molecule has 0 atom stereocenters. The second kappa shape index (κ2) is 8.94. The third-order valence-electron chi connectivity index (χ3n) is 5.26. The van der Waals surface area contributed by atoms with E-state index in [9.17, 15) is 9.59 Å².